The van der Waals surface area contributed by atoms with E-state index in [0.29, 0.717) is 76.0 Å². The Kier molecular flexibility index (Phi) is 27.8. The summed E-state index contributed by atoms with van der Waals surface area (Å²) in [6.07, 6.45) is -1.61. The van der Waals surface area contributed by atoms with Crippen molar-refractivity contribution in [3.8, 4) is 16.9 Å². The summed E-state index contributed by atoms with van der Waals surface area (Å²) in [5.74, 6) is -7.89. The van der Waals surface area contributed by atoms with E-state index in [1.165, 1.54) is 30.3 Å². The van der Waals surface area contributed by atoms with Gasteiger partial charge in [-0.15, -0.1) is 0 Å². The number of nitrogens with one attached hydrogen (secondary N) is 2. The molecule has 3 saturated heterocycles. The second kappa shape index (κ2) is 37.4. The molecule has 4 aliphatic heterocycles. The van der Waals surface area contributed by atoms with Gasteiger partial charge >= 0.3 is 18.0 Å². The van der Waals surface area contributed by atoms with Crippen LogP contribution in [-0.2, 0) is 106 Å². The number of amides is 6. The molecule has 123 heavy (non-hydrogen) atoms. The lowest BCUT2D eigenvalue weighted by atomic mass is 9.39. The number of aromatic nitrogens is 4. The van der Waals surface area contributed by atoms with Gasteiger partial charge in [0.2, 0.25) is 23.6 Å². The number of nitrogens with zero attached hydrogens (tertiary/aromatic N) is 8. The van der Waals surface area contributed by atoms with E-state index in [-0.39, 0.29) is 106 Å². The van der Waals surface area contributed by atoms with Crippen molar-refractivity contribution in [1.82, 2.24) is 39.8 Å². The van der Waals surface area contributed by atoms with Gasteiger partial charge in [0, 0.05) is 93.0 Å². The number of carbonyl (C=O) groups excluding carboxylic acids is 8. The highest BCUT2D eigenvalue weighted by Gasteiger charge is 2.66. The van der Waals surface area contributed by atoms with Gasteiger partial charge in [0.25, 0.3) is 16.0 Å². The highest BCUT2D eigenvalue weighted by molar-refractivity contribution is 8.00. The number of fused-ring (bicyclic) bond motifs is 2. The molecule has 4 bridgehead atoms. The number of carboxylic acid groups (broad SMARTS) is 2. The lowest BCUT2D eigenvalue weighted by Gasteiger charge is -2.69. The number of likely N-dealkylation sites (tertiary alicyclic amines) is 2. The minimum atomic E-state index is -4.42. The summed E-state index contributed by atoms with van der Waals surface area (Å²) in [6.45, 7) is 11.5. The van der Waals surface area contributed by atoms with Crippen molar-refractivity contribution in [2.75, 3.05) is 89.1 Å². The maximum atomic E-state index is 14.5. The number of aliphatic hydroxyl groups excluding tert-OH is 3. The molecule has 7 fully saturated rings. The molecule has 6 aromatic rings. The van der Waals surface area contributed by atoms with Crippen molar-refractivity contribution in [2.24, 2.45) is 28.1 Å². The molecule has 4 aliphatic carbocycles. The van der Waals surface area contributed by atoms with Crippen molar-refractivity contribution in [3.05, 3.63) is 118 Å². The number of pyridine rings is 1. The smallest absolute Gasteiger partial charge is 0.410 e. The summed E-state index contributed by atoms with van der Waals surface area (Å²) in [4.78, 5) is 152. The number of benzene rings is 3. The number of aliphatic carboxylic acids is 1. The van der Waals surface area contributed by atoms with E-state index >= 15 is 0 Å². The quantitative estimate of drug-likeness (QED) is 0.0111. The number of rotatable bonds is 38. The number of para-hydroxylation sites is 1. The first-order valence-corrected chi connectivity index (χ1v) is 45.1. The Morgan fingerprint density at radius 3 is 2.26 bits per heavy atom. The number of aromatic carboxylic acids is 1. The molecule has 4 saturated carbocycles. The van der Waals surface area contributed by atoms with Gasteiger partial charge in [-0.3, -0.25) is 53.0 Å². The van der Waals surface area contributed by atoms with Gasteiger partial charge < -0.3 is 74.0 Å². The Balaban J connectivity index is 0.658. The lowest BCUT2D eigenvalue weighted by Crippen LogP contribution is -2.64. The normalized spacial score (nSPS) is 26.0. The van der Waals surface area contributed by atoms with Gasteiger partial charge in [0.05, 0.1) is 91.3 Å². The predicted octanol–water partition coefficient (Wildman–Crippen LogP) is 6.89. The van der Waals surface area contributed by atoms with Crippen molar-refractivity contribution in [1.29, 1.82) is 0 Å². The topological polar surface area (TPSA) is 462 Å². The summed E-state index contributed by atoms with van der Waals surface area (Å²) in [5, 5.41) is 63.6. The number of aliphatic hydroxyl groups is 3. The van der Waals surface area contributed by atoms with Crippen LogP contribution in [0.15, 0.2) is 72.9 Å². The predicted molar refractivity (Wildman–Crippen MR) is 449 cm³/mol. The monoisotopic (exact) mass is 1760 g/mol. The number of Topliss-reactive ketones (excluding diaryl/α,β-unsaturated/α-hetero) is 2. The number of hydrogen-bond acceptors (Lipinski definition) is 27. The van der Waals surface area contributed by atoms with Crippen LogP contribution in [0.5, 0.6) is 5.75 Å². The molecule has 3 aromatic carbocycles. The summed E-state index contributed by atoms with van der Waals surface area (Å²) in [6, 6.07) is 16.3. The van der Waals surface area contributed by atoms with Gasteiger partial charge in [-0.25, -0.2) is 24.4 Å². The number of hydrogen-bond donors (Lipinski definition) is 8. The lowest BCUT2D eigenvalue weighted by molar-refractivity contribution is -0.248. The highest BCUT2D eigenvalue weighted by atomic mass is 32.2. The van der Waals surface area contributed by atoms with E-state index in [0.717, 1.165) is 80.7 Å². The van der Waals surface area contributed by atoms with Crippen LogP contribution in [0.3, 0.4) is 0 Å². The molecule has 7 heterocycles. The minimum absolute atomic E-state index is 0.00562. The largest absolute Gasteiger partial charge is 0.496 e. The molecule has 8 N–H and O–H groups in total. The Hall–Kier alpha value is -9.41. The van der Waals surface area contributed by atoms with Crippen molar-refractivity contribution >= 4 is 114 Å². The Morgan fingerprint density at radius 2 is 1.58 bits per heavy atom. The second-order valence-corrected chi connectivity index (χ2v) is 38.7. The SMILES string of the molecule is COCCN(CCOC12CC3(C)CC(C)(CC(Cn4ncc(-c5ccc(N6CCc7c(OC)ccc(C(=O)Nc8nc9ccccc9s8)c7C6)nc5C(=O)O)c4C)(C3)C1)C2)C(=O)OCc1ccc(CC(=O)[C@H](C)NC(=O)[C@@H](CC(=O)CN2C(=O)[C@@H](N3C(=O)CC(SC)C3=O)C[C@H]2COCCS(=O)(=O)O)C(C)C)cc1CC[C@@H]1O[C@H](C(=O)O)[C@@H](O)[C@H](O)[C@H]1O. The molecule has 34 nitrogen and oxygen atoms in total. The molecular weight excluding hydrogens is 1650 g/mol. The Morgan fingerprint density at radius 1 is 0.837 bits per heavy atom. The average Bonchev–Trinajstić information content (AvgIpc) is 1.51. The first-order valence-electron chi connectivity index (χ1n) is 41.4. The standard InChI is InChI=1S/C86H108N10O24S3/c1-47(2)58(33-54(97)36-94-53(39-117-28-29-123(112,113)114)32-62(77(94)105)96-69(99)34-67(121-9)78(96)106)76(104)88-48(3)63(98)31-50-14-15-52(51(30-50)16-19-65-71(100)72(101)73(102)74(120-65)80(109)110)38-118-82(111)92(24-26-115-7)25-27-119-86-43-83(5)40-84(6,44-86)42-85(41-83,45-86)46-95-49(4)59(35-87-95)56-18-21-68(90-70(56)79(107)108)93-23-22-55-60(37-93)57(17-20-64(55)116-8)75(103)91-81-89-61-12-10-11-13-66(61)122-81/h10-15,17-18,20-21,30,35,47-48,53,58,62,65,67,71-74,100-102H,16,19,22-29,31-34,36-46H2,1-9H3,(H,88,104)(H,107,108)(H,109,110)(H,89,91,103)(H,112,113,114)/t48-,53-,58-,62-,65-,67?,71-,72+,73-,74-,83?,84?,85?,86?/m0/s1. The van der Waals surface area contributed by atoms with Gasteiger partial charge in [0.15, 0.2) is 28.5 Å². The molecule has 12 atom stereocenters. The molecule has 3 aromatic heterocycles. The number of ketones is 2. The third kappa shape index (κ3) is 20.3. The van der Waals surface area contributed by atoms with Crippen molar-refractivity contribution in [3.63, 3.8) is 0 Å². The van der Waals surface area contributed by atoms with E-state index < -0.39 is 160 Å². The van der Waals surface area contributed by atoms with E-state index in [9.17, 15) is 86.4 Å². The van der Waals surface area contributed by atoms with E-state index in [1.807, 2.05) is 46.8 Å². The third-order valence-corrected chi connectivity index (χ3v) is 27.9. The summed E-state index contributed by atoms with van der Waals surface area (Å²) in [7, 11) is -1.32. The van der Waals surface area contributed by atoms with Crippen LogP contribution in [0.4, 0.5) is 15.7 Å². The van der Waals surface area contributed by atoms with Gasteiger partial charge in [-0.05, 0) is 165 Å². The fraction of sp³-hybridized carbons (Fsp3) is 0.570. The first kappa shape index (κ1) is 91.3. The average molecular weight is 1760 g/mol. The fourth-order valence-electron chi connectivity index (χ4n) is 20.5. The number of ether oxygens (including phenoxy) is 6. The van der Waals surface area contributed by atoms with Crippen LogP contribution in [0.25, 0.3) is 21.3 Å². The van der Waals surface area contributed by atoms with Gasteiger partial charge in [-0.2, -0.15) is 25.3 Å². The molecule has 0 radical (unpaired) electrons. The van der Waals surface area contributed by atoms with E-state index in [4.69, 9.17) is 38.5 Å². The molecule has 6 amide bonds. The molecular formula is C86H108N10O24S3. The number of carboxylic acids is 2. The highest BCUT2D eigenvalue weighted by Crippen LogP contribution is 2.72. The molecule has 664 valence electrons. The number of carbonyl (C=O) groups is 10. The van der Waals surface area contributed by atoms with Crippen LogP contribution in [0.2, 0.25) is 0 Å². The zero-order chi connectivity index (χ0) is 88.5. The number of thiazole rings is 1. The summed E-state index contributed by atoms with van der Waals surface area (Å²) < 4.78 is 70.7. The van der Waals surface area contributed by atoms with Crippen LogP contribution in [0, 0.1) is 35.0 Å². The number of methoxy groups -OCH3 is 2. The Bertz CT molecular complexity index is 5120. The summed E-state index contributed by atoms with van der Waals surface area (Å²) >= 11 is 2.53. The number of aryl methyl sites for hydroxylation is 1. The molecule has 3 unspecified atom stereocenters. The van der Waals surface area contributed by atoms with Crippen LogP contribution in [-0.4, -0.2) is 270 Å². The Labute approximate surface area is 720 Å². The van der Waals surface area contributed by atoms with Crippen LogP contribution in [0.1, 0.15) is 153 Å². The van der Waals surface area contributed by atoms with E-state index in [2.05, 4.69) is 29.5 Å². The fourth-order valence-corrected chi connectivity index (χ4v) is 22.3. The van der Waals surface area contributed by atoms with Crippen molar-refractivity contribution < 1.29 is 115 Å². The van der Waals surface area contributed by atoms with Gasteiger partial charge in [-0.1, -0.05) is 69.4 Å². The van der Waals surface area contributed by atoms with Crippen molar-refractivity contribution in [2.45, 2.75) is 204 Å². The number of imide groups is 1. The molecule has 37 heteroatoms. The maximum absolute atomic E-state index is 14.5. The molecule has 14 rings (SSSR count). The molecule has 0 spiro atoms. The van der Waals surface area contributed by atoms with Crippen LogP contribution < -0.4 is 20.3 Å². The second-order valence-electron chi connectivity index (χ2n) is 35.1. The minimum Gasteiger partial charge on any atom is -0.496 e. The zero-order valence-corrected chi connectivity index (χ0v) is 72.7. The number of anilines is 2. The molecule has 8 aliphatic rings. The summed E-state index contributed by atoms with van der Waals surface area (Å²) in [5.41, 5.74) is 4.72. The van der Waals surface area contributed by atoms with Gasteiger partial charge in [0.1, 0.15) is 42.5 Å². The van der Waals surface area contributed by atoms with E-state index in [1.54, 1.807) is 69.8 Å². The zero-order valence-electron chi connectivity index (χ0n) is 70.3. The van der Waals surface area contributed by atoms with Crippen LogP contribution >= 0.6 is 23.1 Å². The first-order chi connectivity index (χ1) is 58.3. The maximum Gasteiger partial charge on any atom is 0.410 e. The third-order valence-electron chi connectivity index (χ3n) is 25.3. The number of thioether (sulfide) groups is 1.